The quantitative estimate of drug-likeness (QED) is 0.595. The second-order valence-electron chi connectivity index (χ2n) is 11.2. The number of Topliss-reactive ketones (excluding diaryl/α,β-unsaturated/α-hetero) is 1. The molecule has 1 aromatic heterocycles. The summed E-state index contributed by atoms with van der Waals surface area (Å²) >= 11 is 0. The zero-order valence-electron chi connectivity index (χ0n) is 19.9. The van der Waals surface area contributed by atoms with Gasteiger partial charge in [-0.25, -0.2) is 0 Å². The topological polar surface area (TPSA) is 47.8 Å². The van der Waals surface area contributed by atoms with Crippen molar-refractivity contribution in [2.45, 2.75) is 99.0 Å². The van der Waals surface area contributed by atoms with E-state index in [0.29, 0.717) is 17.7 Å². The summed E-state index contributed by atoms with van der Waals surface area (Å²) in [5.74, 6) is 4.96. The molecule has 1 aromatic rings. The molecule has 1 heterocycles. The normalized spacial score (nSPS) is 44.8. The van der Waals surface area contributed by atoms with E-state index in [-0.39, 0.29) is 11.3 Å². The van der Waals surface area contributed by atoms with Crippen molar-refractivity contribution in [3.63, 3.8) is 0 Å². The van der Waals surface area contributed by atoms with Gasteiger partial charge in [0.2, 0.25) is 0 Å². The molecule has 0 spiro atoms. The number of rotatable bonds is 3. The van der Waals surface area contributed by atoms with Gasteiger partial charge in [0.25, 0.3) is 0 Å². The van der Waals surface area contributed by atoms with Crippen LogP contribution in [-0.2, 0) is 11.3 Å². The van der Waals surface area contributed by atoms with E-state index in [9.17, 15) is 4.79 Å². The summed E-state index contributed by atoms with van der Waals surface area (Å²) in [5.41, 5.74) is 0.772. The maximum absolute atomic E-state index is 13.2. The van der Waals surface area contributed by atoms with Crippen LogP contribution in [0.5, 0.6) is 0 Å². The predicted octanol–water partition coefficient (Wildman–Crippen LogP) is 6.17. The maximum Gasteiger partial charge on any atom is 0.159 e. The van der Waals surface area contributed by atoms with E-state index in [1.54, 1.807) is 17.2 Å². The summed E-state index contributed by atoms with van der Waals surface area (Å²) in [4.78, 5) is 14.7. The Labute approximate surface area is 183 Å². The SMILES string of the molecule is CC.C[C@H]1CCC2(C)C(CCC3C2CCC2(C)C3CC[C@@H]2C(=O)Cn2nccn2)C1. The summed E-state index contributed by atoms with van der Waals surface area (Å²) < 4.78 is 0. The van der Waals surface area contributed by atoms with Gasteiger partial charge < -0.3 is 0 Å². The fraction of sp³-hybridized carbons (Fsp3) is 0.885. The van der Waals surface area contributed by atoms with Crippen LogP contribution < -0.4 is 0 Å². The van der Waals surface area contributed by atoms with E-state index < -0.39 is 0 Å². The monoisotopic (exact) mass is 413 g/mol. The van der Waals surface area contributed by atoms with Crippen molar-refractivity contribution in [2.24, 2.45) is 46.3 Å². The fourth-order valence-corrected chi connectivity index (χ4v) is 8.58. The Morgan fingerprint density at radius 2 is 1.60 bits per heavy atom. The Kier molecular flexibility index (Phi) is 6.16. The minimum Gasteiger partial charge on any atom is -0.297 e. The maximum atomic E-state index is 13.2. The van der Waals surface area contributed by atoms with Crippen LogP contribution in [0.1, 0.15) is 92.4 Å². The third-order valence-electron chi connectivity index (χ3n) is 10.1. The summed E-state index contributed by atoms with van der Waals surface area (Å²) in [6.07, 6.45) is 15.5. The lowest BCUT2D eigenvalue weighted by molar-refractivity contribution is -0.137. The van der Waals surface area contributed by atoms with Gasteiger partial charge in [0.05, 0.1) is 12.4 Å². The van der Waals surface area contributed by atoms with Gasteiger partial charge in [-0.2, -0.15) is 15.0 Å². The lowest BCUT2D eigenvalue weighted by Crippen LogP contribution is -2.53. The number of aromatic nitrogens is 3. The van der Waals surface area contributed by atoms with Gasteiger partial charge in [0.1, 0.15) is 6.54 Å². The Balaban J connectivity index is 0.00000106. The van der Waals surface area contributed by atoms with E-state index in [2.05, 4.69) is 31.0 Å². The fourth-order valence-electron chi connectivity index (χ4n) is 8.58. The van der Waals surface area contributed by atoms with Gasteiger partial charge in [-0.1, -0.05) is 41.0 Å². The van der Waals surface area contributed by atoms with Gasteiger partial charge in [0.15, 0.2) is 5.78 Å². The van der Waals surface area contributed by atoms with Crippen molar-refractivity contribution in [3.8, 4) is 0 Å². The van der Waals surface area contributed by atoms with Crippen molar-refractivity contribution < 1.29 is 4.79 Å². The van der Waals surface area contributed by atoms with Crippen LogP contribution in [-0.4, -0.2) is 20.8 Å². The molecule has 0 radical (unpaired) electrons. The largest absolute Gasteiger partial charge is 0.297 e. The Morgan fingerprint density at radius 3 is 2.33 bits per heavy atom. The highest BCUT2D eigenvalue weighted by atomic mass is 16.1. The first kappa shape index (κ1) is 22.0. The first-order valence-corrected chi connectivity index (χ1v) is 12.8. The minimum atomic E-state index is 0.205. The van der Waals surface area contributed by atoms with Crippen LogP contribution in [0, 0.1) is 46.3 Å². The van der Waals surface area contributed by atoms with E-state index in [0.717, 1.165) is 36.0 Å². The molecule has 4 heteroatoms. The van der Waals surface area contributed by atoms with E-state index in [4.69, 9.17) is 0 Å². The number of fused-ring (bicyclic) bond motifs is 5. The number of ketones is 1. The molecule has 0 amide bonds. The second-order valence-corrected chi connectivity index (χ2v) is 11.2. The number of nitrogens with zero attached hydrogens (tertiary/aromatic N) is 3. The molecule has 5 rings (SSSR count). The number of carbonyl (C=O) groups excluding carboxylic acids is 1. The average molecular weight is 414 g/mol. The first-order valence-electron chi connectivity index (χ1n) is 12.8. The average Bonchev–Trinajstić information content (AvgIpc) is 3.37. The number of hydrogen-bond donors (Lipinski definition) is 0. The third-order valence-corrected chi connectivity index (χ3v) is 10.1. The number of hydrogen-bond acceptors (Lipinski definition) is 3. The molecule has 4 fully saturated rings. The highest BCUT2D eigenvalue weighted by Gasteiger charge is 2.60. The van der Waals surface area contributed by atoms with Gasteiger partial charge in [-0.05, 0) is 91.8 Å². The van der Waals surface area contributed by atoms with Gasteiger partial charge in [-0.15, -0.1) is 0 Å². The van der Waals surface area contributed by atoms with Crippen LogP contribution in [0.15, 0.2) is 12.4 Å². The standard InChI is InChI=1S/C24H37N3O.C2H6/c1-16-8-10-23(2)17(14-16)4-5-18-19-6-7-21(24(19,3)11-9-20(18)23)22(28)15-27-25-12-13-26-27;1-2/h12-13,16-21H,4-11,14-15H2,1-3H3;1-2H3/t16-,17?,18?,19?,20?,21+,23?,24?;/m0./s1. The molecule has 6 unspecified atom stereocenters. The molecular weight excluding hydrogens is 370 g/mol. The highest BCUT2D eigenvalue weighted by Crippen LogP contribution is 2.67. The molecule has 0 aliphatic heterocycles. The Bertz CT molecular complexity index is 731. The van der Waals surface area contributed by atoms with Crippen LogP contribution >= 0.6 is 0 Å². The number of carbonyl (C=O) groups is 1. The van der Waals surface area contributed by atoms with E-state index in [1.165, 1.54) is 51.4 Å². The predicted molar refractivity (Wildman–Crippen MR) is 121 cm³/mol. The molecule has 30 heavy (non-hydrogen) atoms. The van der Waals surface area contributed by atoms with Gasteiger partial charge in [0, 0.05) is 5.92 Å². The molecule has 0 saturated heterocycles. The molecule has 4 aliphatic rings. The lowest BCUT2D eigenvalue weighted by atomic mass is 9.44. The lowest BCUT2D eigenvalue weighted by Gasteiger charge is -2.61. The van der Waals surface area contributed by atoms with Gasteiger partial charge in [-0.3, -0.25) is 4.79 Å². The first-order chi connectivity index (χ1) is 14.4. The zero-order chi connectivity index (χ0) is 21.5. The molecule has 4 aliphatic carbocycles. The Hall–Kier alpha value is -1.19. The van der Waals surface area contributed by atoms with Crippen molar-refractivity contribution >= 4 is 5.78 Å². The molecule has 0 bridgehead atoms. The van der Waals surface area contributed by atoms with Crippen molar-refractivity contribution in [1.82, 2.24) is 15.0 Å². The molecule has 0 aromatic carbocycles. The zero-order valence-corrected chi connectivity index (χ0v) is 19.9. The molecule has 168 valence electrons. The molecule has 4 nitrogen and oxygen atoms in total. The summed E-state index contributed by atoms with van der Waals surface area (Å²) in [5, 5.41) is 8.33. The van der Waals surface area contributed by atoms with Crippen molar-refractivity contribution in [1.29, 1.82) is 0 Å². The van der Waals surface area contributed by atoms with Crippen molar-refractivity contribution in [2.75, 3.05) is 0 Å². The summed E-state index contributed by atoms with van der Waals surface area (Å²) in [6.45, 7) is 11.9. The smallest absolute Gasteiger partial charge is 0.159 e. The molecular formula is C26H43N3O. The minimum absolute atomic E-state index is 0.205. The third kappa shape index (κ3) is 3.46. The second kappa shape index (κ2) is 8.39. The Morgan fingerprint density at radius 1 is 0.933 bits per heavy atom. The van der Waals surface area contributed by atoms with Gasteiger partial charge >= 0.3 is 0 Å². The molecule has 8 atom stereocenters. The van der Waals surface area contributed by atoms with Crippen LogP contribution in [0.2, 0.25) is 0 Å². The highest BCUT2D eigenvalue weighted by molar-refractivity contribution is 5.81. The summed E-state index contributed by atoms with van der Waals surface area (Å²) in [7, 11) is 0. The molecule has 0 N–H and O–H groups in total. The van der Waals surface area contributed by atoms with E-state index in [1.807, 2.05) is 13.8 Å². The summed E-state index contributed by atoms with van der Waals surface area (Å²) in [6, 6.07) is 0. The van der Waals surface area contributed by atoms with Crippen LogP contribution in [0.4, 0.5) is 0 Å². The van der Waals surface area contributed by atoms with E-state index >= 15 is 0 Å². The van der Waals surface area contributed by atoms with Crippen molar-refractivity contribution in [3.05, 3.63) is 12.4 Å². The van der Waals surface area contributed by atoms with Crippen LogP contribution in [0.25, 0.3) is 0 Å². The van der Waals surface area contributed by atoms with Crippen LogP contribution in [0.3, 0.4) is 0 Å². The molecule has 4 saturated carbocycles.